The molecule has 2 heterocycles. The van der Waals surface area contributed by atoms with Gasteiger partial charge in [0, 0.05) is 26.6 Å². The van der Waals surface area contributed by atoms with Crippen molar-refractivity contribution in [2.24, 2.45) is 5.92 Å². The Hall–Kier alpha value is -0.810. The van der Waals surface area contributed by atoms with Gasteiger partial charge in [0.2, 0.25) is 11.8 Å². The number of piperidine rings is 2. The summed E-state index contributed by atoms with van der Waals surface area (Å²) in [4.78, 5) is 25.3. The van der Waals surface area contributed by atoms with Gasteiger partial charge in [0.15, 0.2) is 0 Å². The first-order chi connectivity index (χ1) is 9.16. The second-order valence-electron chi connectivity index (χ2n) is 5.73. The first-order valence-corrected chi connectivity index (χ1v) is 7.43. The molecule has 0 spiro atoms. The second-order valence-corrected chi connectivity index (χ2v) is 5.73. The molecule has 2 fully saturated rings. The van der Waals surface area contributed by atoms with Crippen molar-refractivity contribution < 1.29 is 9.59 Å². The Balaban J connectivity index is 0.00000200. The Labute approximate surface area is 127 Å². The number of nitrogens with zero attached hydrogens (tertiary/aromatic N) is 1. The van der Waals surface area contributed by atoms with Crippen LogP contribution in [0.25, 0.3) is 0 Å². The van der Waals surface area contributed by atoms with Gasteiger partial charge in [-0.2, -0.15) is 0 Å². The second kappa shape index (κ2) is 8.47. The summed E-state index contributed by atoms with van der Waals surface area (Å²) in [6.45, 7) is 4.85. The van der Waals surface area contributed by atoms with E-state index < -0.39 is 0 Å². The predicted molar refractivity (Wildman–Crippen MR) is 80.9 cm³/mol. The number of amides is 2. The van der Waals surface area contributed by atoms with Crippen LogP contribution in [-0.2, 0) is 9.59 Å². The zero-order chi connectivity index (χ0) is 13.7. The number of rotatable bonds is 3. The molecule has 0 aromatic rings. The minimum atomic E-state index is 0. The predicted octanol–water partition coefficient (Wildman–Crippen LogP) is 0.925. The Kier molecular flexibility index (Phi) is 7.30. The highest BCUT2D eigenvalue weighted by molar-refractivity contribution is 5.85. The van der Waals surface area contributed by atoms with Crippen molar-refractivity contribution in [2.75, 3.05) is 26.2 Å². The van der Waals surface area contributed by atoms with Crippen molar-refractivity contribution in [2.45, 2.75) is 45.1 Å². The molecule has 2 saturated heterocycles. The Morgan fingerprint density at radius 3 is 2.70 bits per heavy atom. The van der Waals surface area contributed by atoms with Crippen LogP contribution in [0.3, 0.4) is 0 Å². The summed E-state index contributed by atoms with van der Waals surface area (Å²) in [5.41, 5.74) is 0. The molecule has 6 heteroatoms. The summed E-state index contributed by atoms with van der Waals surface area (Å²) in [6.07, 6.45) is 5.43. The molecule has 2 amide bonds. The van der Waals surface area contributed by atoms with Crippen LogP contribution in [0.2, 0.25) is 0 Å². The molecule has 2 rings (SSSR count). The van der Waals surface area contributed by atoms with E-state index in [2.05, 4.69) is 10.6 Å². The molecule has 0 aromatic heterocycles. The lowest BCUT2D eigenvalue weighted by Crippen LogP contribution is -2.52. The highest BCUT2D eigenvalue weighted by Crippen LogP contribution is 2.18. The molecule has 2 aliphatic heterocycles. The molecular formula is C14H26ClN3O2. The molecule has 0 radical (unpaired) electrons. The van der Waals surface area contributed by atoms with Gasteiger partial charge in [0.1, 0.15) is 0 Å². The van der Waals surface area contributed by atoms with Crippen LogP contribution in [0.1, 0.15) is 39.0 Å². The summed E-state index contributed by atoms with van der Waals surface area (Å²) >= 11 is 0. The molecule has 116 valence electrons. The smallest absolute Gasteiger partial charge is 0.239 e. The minimum absolute atomic E-state index is 0. The summed E-state index contributed by atoms with van der Waals surface area (Å²) in [5.74, 6) is 0.676. The van der Waals surface area contributed by atoms with Gasteiger partial charge in [-0.15, -0.1) is 12.4 Å². The van der Waals surface area contributed by atoms with Gasteiger partial charge in [-0.3, -0.25) is 9.59 Å². The van der Waals surface area contributed by atoms with Crippen molar-refractivity contribution >= 4 is 24.2 Å². The van der Waals surface area contributed by atoms with Crippen LogP contribution in [-0.4, -0.2) is 48.9 Å². The first-order valence-electron chi connectivity index (χ1n) is 7.43. The van der Waals surface area contributed by atoms with E-state index in [-0.39, 0.29) is 30.3 Å². The van der Waals surface area contributed by atoms with Crippen molar-refractivity contribution in [3.8, 4) is 0 Å². The van der Waals surface area contributed by atoms with Crippen molar-refractivity contribution in [1.29, 1.82) is 0 Å². The van der Waals surface area contributed by atoms with Gasteiger partial charge in [-0.1, -0.05) is 6.42 Å². The van der Waals surface area contributed by atoms with Crippen LogP contribution in [0, 0.1) is 5.92 Å². The van der Waals surface area contributed by atoms with Crippen molar-refractivity contribution in [3.63, 3.8) is 0 Å². The lowest BCUT2D eigenvalue weighted by molar-refractivity contribution is -0.135. The largest absolute Gasteiger partial charge is 0.356 e. The number of likely N-dealkylation sites (tertiary alicyclic amines) is 1. The standard InChI is InChI=1S/C14H25N3O2.ClH/c1-11(18)16-9-12-5-4-8-17(10-12)14(19)13-6-2-3-7-15-13;/h12-13,15H,2-10H2,1H3,(H,16,18);1H. The Bertz CT molecular complexity index is 332. The number of hydrogen-bond acceptors (Lipinski definition) is 3. The molecule has 0 bridgehead atoms. The van der Waals surface area contributed by atoms with E-state index in [4.69, 9.17) is 0 Å². The fourth-order valence-electron chi connectivity index (χ4n) is 3.00. The molecule has 0 saturated carbocycles. The molecule has 0 aromatic carbocycles. The lowest BCUT2D eigenvalue weighted by Gasteiger charge is -2.36. The van der Waals surface area contributed by atoms with E-state index in [1.165, 1.54) is 13.3 Å². The number of hydrogen-bond donors (Lipinski definition) is 2. The van der Waals surface area contributed by atoms with Crippen LogP contribution >= 0.6 is 12.4 Å². The average molecular weight is 304 g/mol. The van der Waals surface area contributed by atoms with E-state index >= 15 is 0 Å². The van der Waals surface area contributed by atoms with E-state index in [0.717, 1.165) is 45.3 Å². The number of nitrogens with one attached hydrogen (secondary N) is 2. The normalized spacial score (nSPS) is 26.6. The summed E-state index contributed by atoms with van der Waals surface area (Å²) in [7, 11) is 0. The monoisotopic (exact) mass is 303 g/mol. The molecule has 20 heavy (non-hydrogen) atoms. The van der Waals surface area contributed by atoms with Gasteiger partial charge in [0.25, 0.3) is 0 Å². The van der Waals surface area contributed by atoms with Gasteiger partial charge < -0.3 is 15.5 Å². The molecule has 5 nitrogen and oxygen atoms in total. The van der Waals surface area contributed by atoms with Gasteiger partial charge in [-0.25, -0.2) is 0 Å². The summed E-state index contributed by atoms with van der Waals surface area (Å²) in [5, 5.41) is 6.18. The lowest BCUT2D eigenvalue weighted by atomic mass is 9.96. The van der Waals surface area contributed by atoms with E-state index in [0.29, 0.717) is 12.5 Å². The van der Waals surface area contributed by atoms with E-state index in [9.17, 15) is 9.59 Å². The minimum Gasteiger partial charge on any atom is -0.356 e. The molecule has 0 aliphatic carbocycles. The quantitative estimate of drug-likeness (QED) is 0.815. The number of carbonyl (C=O) groups is 2. The Morgan fingerprint density at radius 2 is 2.05 bits per heavy atom. The third-order valence-electron chi connectivity index (χ3n) is 4.08. The average Bonchev–Trinajstić information content (AvgIpc) is 2.45. The fourth-order valence-corrected chi connectivity index (χ4v) is 3.00. The third-order valence-corrected chi connectivity index (χ3v) is 4.08. The van der Waals surface area contributed by atoms with Gasteiger partial charge >= 0.3 is 0 Å². The molecule has 2 unspecified atom stereocenters. The van der Waals surface area contributed by atoms with Crippen molar-refractivity contribution in [1.82, 2.24) is 15.5 Å². The molecule has 2 N–H and O–H groups in total. The topological polar surface area (TPSA) is 61.4 Å². The van der Waals surface area contributed by atoms with Gasteiger partial charge in [0.05, 0.1) is 6.04 Å². The highest BCUT2D eigenvalue weighted by atomic mass is 35.5. The van der Waals surface area contributed by atoms with E-state index in [1.807, 2.05) is 4.90 Å². The molecular weight excluding hydrogens is 278 g/mol. The van der Waals surface area contributed by atoms with Crippen LogP contribution in [0.5, 0.6) is 0 Å². The number of carbonyl (C=O) groups excluding carboxylic acids is 2. The van der Waals surface area contributed by atoms with E-state index in [1.54, 1.807) is 0 Å². The third kappa shape index (κ3) is 4.94. The first kappa shape index (κ1) is 17.2. The summed E-state index contributed by atoms with van der Waals surface area (Å²) < 4.78 is 0. The zero-order valence-electron chi connectivity index (χ0n) is 12.2. The molecule has 2 atom stereocenters. The maximum Gasteiger partial charge on any atom is 0.239 e. The van der Waals surface area contributed by atoms with Crippen LogP contribution < -0.4 is 10.6 Å². The zero-order valence-corrected chi connectivity index (χ0v) is 13.0. The van der Waals surface area contributed by atoms with Crippen LogP contribution in [0.4, 0.5) is 0 Å². The van der Waals surface area contributed by atoms with Gasteiger partial charge in [-0.05, 0) is 38.1 Å². The van der Waals surface area contributed by atoms with Crippen LogP contribution in [0.15, 0.2) is 0 Å². The highest BCUT2D eigenvalue weighted by Gasteiger charge is 2.29. The summed E-state index contributed by atoms with van der Waals surface area (Å²) in [6, 6.07) is 0.0215. The molecule has 2 aliphatic rings. The van der Waals surface area contributed by atoms with Crippen molar-refractivity contribution in [3.05, 3.63) is 0 Å². The Morgan fingerprint density at radius 1 is 1.25 bits per heavy atom. The maximum absolute atomic E-state index is 12.4. The SMILES string of the molecule is CC(=O)NCC1CCCN(C(=O)C2CCCCN2)C1.Cl. The maximum atomic E-state index is 12.4. The fraction of sp³-hybridized carbons (Fsp3) is 0.857. The number of halogens is 1.